The van der Waals surface area contributed by atoms with E-state index in [1.54, 1.807) is 6.20 Å². The monoisotopic (exact) mass is 304 g/mol. The summed E-state index contributed by atoms with van der Waals surface area (Å²) >= 11 is 0. The third-order valence-electron chi connectivity index (χ3n) is 4.80. The molecule has 0 radical (unpaired) electrons. The first-order valence-corrected chi connectivity index (χ1v) is 7.97. The Morgan fingerprint density at radius 3 is 2.70 bits per heavy atom. The molecule has 0 amide bonds. The van der Waals surface area contributed by atoms with E-state index in [1.807, 2.05) is 24.4 Å². The summed E-state index contributed by atoms with van der Waals surface area (Å²) < 4.78 is 0. The first kappa shape index (κ1) is 14.4. The van der Waals surface area contributed by atoms with Crippen LogP contribution in [0.15, 0.2) is 67.0 Å². The molecule has 1 aliphatic rings. The van der Waals surface area contributed by atoms with E-state index in [-0.39, 0.29) is 11.6 Å². The Balaban J connectivity index is 1.69. The molecule has 2 heterocycles. The molecule has 116 valence electrons. The van der Waals surface area contributed by atoms with Gasteiger partial charge in [0.2, 0.25) is 0 Å². The lowest BCUT2D eigenvalue weighted by Gasteiger charge is -2.23. The van der Waals surface area contributed by atoms with Crippen molar-refractivity contribution < 1.29 is 4.84 Å². The lowest BCUT2D eigenvalue weighted by molar-refractivity contribution is -0.188. The number of rotatable bonds is 2. The zero-order chi connectivity index (χ0) is 15.9. The summed E-state index contributed by atoms with van der Waals surface area (Å²) in [7, 11) is 2.02. The van der Waals surface area contributed by atoms with E-state index in [0.29, 0.717) is 0 Å². The summed E-state index contributed by atoms with van der Waals surface area (Å²) in [5, 5.41) is 4.53. The van der Waals surface area contributed by atoms with E-state index in [2.05, 4.69) is 60.4 Å². The second kappa shape index (κ2) is 5.44. The Hall–Kier alpha value is -2.23. The molecule has 0 aliphatic carbocycles. The molecule has 0 N–H and O–H groups in total. The average molecular weight is 304 g/mol. The Morgan fingerprint density at radius 1 is 1.09 bits per heavy atom. The third-order valence-corrected chi connectivity index (χ3v) is 4.80. The molecular formula is C20H20N2O. The number of hydrogen-bond donors (Lipinski definition) is 0. The van der Waals surface area contributed by atoms with E-state index in [4.69, 9.17) is 4.84 Å². The fourth-order valence-corrected chi connectivity index (χ4v) is 3.51. The predicted octanol–water partition coefficient (Wildman–Crippen LogP) is 4.46. The van der Waals surface area contributed by atoms with Gasteiger partial charge in [-0.2, -0.15) is 5.06 Å². The Labute approximate surface area is 136 Å². The van der Waals surface area contributed by atoms with Gasteiger partial charge in [-0.1, -0.05) is 42.5 Å². The Kier molecular flexibility index (Phi) is 3.40. The summed E-state index contributed by atoms with van der Waals surface area (Å²) in [5.41, 5.74) is 2.08. The molecule has 1 saturated heterocycles. The van der Waals surface area contributed by atoms with Crippen molar-refractivity contribution in [3.63, 3.8) is 0 Å². The predicted molar refractivity (Wildman–Crippen MR) is 91.7 cm³/mol. The first-order valence-electron chi connectivity index (χ1n) is 7.97. The highest BCUT2D eigenvalue weighted by Gasteiger charge is 2.42. The van der Waals surface area contributed by atoms with Crippen LogP contribution in [0.3, 0.4) is 0 Å². The van der Waals surface area contributed by atoms with E-state index >= 15 is 0 Å². The number of pyridine rings is 1. The topological polar surface area (TPSA) is 25.4 Å². The molecule has 3 heteroatoms. The zero-order valence-electron chi connectivity index (χ0n) is 13.4. The molecular weight excluding hydrogens is 284 g/mol. The zero-order valence-corrected chi connectivity index (χ0v) is 13.4. The largest absolute Gasteiger partial charge is 0.287 e. The molecule has 2 atom stereocenters. The molecule has 3 nitrogen and oxygen atoms in total. The van der Waals surface area contributed by atoms with E-state index in [0.717, 1.165) is 12.0 Å². The van der Waals surface area contributed by atoms with Gasteiger partial charge in [0.15, 0.2) is 0 Å². The molecule has 1 fully saturated rings. The Bertz CT molecular complexity index is 833. The standard InChI is InChI=1S/C20H20N2O/c1-20(18-8-5-11-21-14-18)13-19(22(2)23-20)17-10-9-15-6-3-4-7-16(15)12-17/h3-12,14,19H,13H2,1-2H3. The van der Waals surface area contributed by atoms with Crippen LogP contribution in [0.25, 0.3) is 10.8 Å². The van der Waals surface area contributed by atoms with Crippen LogP contribution in [-0.2, 0) is 10.4 Å². The molecule has 0 bridgehead atoms. The van der Waals surface area contributed by atoms with Crippen LogP contribution in [0.5, 0.6) is 0 Å². The van der Waals surface area contributed by atoms with Crippen LogP contribution in [0, 0.1) is 0 Å². The first-order chi connectivity index (χ1) is 11.2. The maximum Gasteiger partial charge on any atom is 0.115 e. The second-order valence-electron chi connectivity index (χ2n) is 6.44. The summed E-state index contributed by atoms with van der Waals surface area (Å²) in [6, 6.07) is 19.4. The molecule has 2 aromatic carbocycles. The van der Waals surface area contributed by atoms with Crippen LogP contribution < -0.4 is 0 Å². The quantitative estimate of drug-likeness (QED) is 0.699. The van der Waals surface area contributed by atoms with Crippen molar-refractivity contribution in [2.75, 3.05) is 7.05 Å². The van der Waals surface area contributed by atoms with Gasteiger partial charge in [0.1, 0.15) is 5.60 Å². The van der Waals surface area contributed by atoms with Gasteiger partial charge in [-0.05, 0) is 35.4 Å². The van der Waals surface area contributed by atoms with Crippen LogP contribution >= 0.6 is 0 Å². The highest BCUT2D eigenvalue weighted by molar-refractivity contribution is 5.83. The lowest BCUT2D eigenvalue weighted by atomic mass is 9.88. The van der Waals surface area contributed by atoms with Crippen LogP contribution in [0.4, 0.5) is 0 Å². The third kappa shape index (κ3) is 2.52. The molecule has 3 aromatic rings. The highest BCUT2D eigenvalue weighted by Crippen LogP contribution is 2.45. The maximum absolute atomic E-state index is 6.21. The minimum Gasteiger partial charge on any atom is -0.287 e. The number of fused-ring (bicyclic) bond motifs is 1. The van der Waals surface area contributed by atoms with Crippen LogP contribution in [0.1, 0.15) is 30.5 Å². The van der Waals surface area contributed by atoms with Crippen molar-refractivity contribution >= 4 is 10.8 Å². The van der Waals surface area contributed by atoms with Crippen molar-refractivity contribution in [2.45, 2.75) is 25.0 Å². The number of benzene rings is 2. The second-order valence-corrected chi connectivity index (χ2v) is 6.44. The molecule has 23 heavy (non-hydrogen) atoms. The number of hydroxylamine groups is 2. The van der Waals surface area contributed by atoms with Gasteiger partial charge in [-0.3, -0.25) is 9.82 Å². The molecule has 1 aromatic heterocycles. The summed E-state index contributed by atoms with van der Waals surface area (Å²) in [6.07, 6.45) is 4.61. The number of aromatic nitrogens is 1. The fraction of sp³-hybridized carbons (Fsp3) is 0.250. The minimum absolute atomic E-state index is 0.241. The van der Waals surface area contributed by atoms with Crippen molar-refractivity contribution in [1.82, 2.24) is 10.0 Å². The molecule has 0 spiro atoms. The summed E-state index contributed by atoms with van der Waals surface area (Å²) in [5.74, 6) is 0. The minimum atomic E-state index is -0.334. The summed E-state index contributed by atoms with van der Waals surface area (Å²) in [6.45, 7) is 2.14. The van der Waals surface area contributed by atoms with Crippen molar-refractivity contribution in [1.29, 1.82) is 0 Å². The lowest BCUT2D eigenvalue weighted by Crippen LogP contribution is -2.23. The van der Waals surface area contributed by atoms with Crippen molar-refractivity contribution in [3.05, 3.63) is 78.1 Å². The van der Waals surface area contributed by atoms with Crippen molar-refractivity contribution in [2.24, 2.45) is 0 Å². The van der Waals surface area contributed by atoms with Gasteiger partial charge in [-0.15, -0.1) is 0 Å². The SMILES string of the molecule is CN1OC(C)(c2cccnc2)CC1c1ccc2ccccc2c1. The molecule has 2 unspecified atom stereocenters. The molecule has 1 aliphatic heterocycles. The normalized spacial score (nSPS) is 25.0. The van der Waals surface area contributed by atoms with Gasteiger partial charge in [0, 0.05) is 31.4 Å². The Morgan fingerprint density at radius 2 is 1.91 bits per heavy atom. The van der Waals surface area contributed by atoms with E-state index < -0.39 is 0 Å². The van der Waals surface area contributed by atoms with Crippen molar-refractivity contribution in [3.8, 4) is 0 Å². The van der Waals surface area contributed by atoms with Crippen LogP contribution in [-0.4, -0.2) is 17.1 Å². The maximum atomic E-state index is 6.21. The smallest absolute Gasteiger partial charge is 0.115 e. The fourth-order valence-electron chi connectivity index (χ4n) is 3.51. The van der Waals surface area contributed by atoms with E-state index in [1.165, 1.54) is 16.3 Å². The number of hydrogen-bond acceptors (Lipinski definition) is 3. The average Bonchev–Trinajstić information content (AvgIpc) is 2.91. The highest BCUT2D eigenvalue weighted by atomic mass is 16.7. The molecule has 0 saturated carbocycles. The van der Waals surface area contributed by atoms with Gasteiger partial charge < -0.3 is 0 Å². The van der Waals surface area contributed by atoms with Gasteiger partial charge in [-0.25, -0.2) is 0 Å². The van der Waals surface area contributed by atoms with Gasteiger partial charge in [0.25, 0.3) is 0 Å². The van der Waals surface area contributed by atoms with Gasteiger partial charge in [0.05, 0.1) is 6.04 Å². The van der Waals surface area contributed by atoms with Crippen LogP contribution in [0.2, 0.25) is 0 Å². The number of nitrogens with zero attached hydrogens (tertiary/aromatic N) is 2. The molecule has 4 rings (SSSR count). The summed E-state index contributed by atoms with van der Waals surface area (Å²) in [4.78, 5) is 10.4. The van der Waals surface area contributed by atoms with E-state index in [9.17, 15) is 0 Å². The van der Waals surface area contributed by atoms with Gasteiger partial charge >= 0.3 is 0 Å².